The van der Waals surface area contributed by atoms with Crippen molar-refractivity contribution in [3.05, 3.63) is 36.4 Å². The number of amides is 1. The van der Waals surface area contributed by atoms with Gasteiger partial charge in [0.15, 0.2) is 6.61 Å². The van der Waals surface area contributed by atoms with E-state index in [1.807, 2.05) is 6.07 Å². The van der Waals surface area contributed by atoms with Gasteiger partial charge in [0.2, 0.25) is 0 Å². The molecule has 20 heavy (non-hydrogen) atoms. The number of benzene rings is 1. The molecule has 0 bridgehead atoms. The Hall–Kier alpha value is -2.01. The summed E-state index contributed by atoms with van der Waals surface area (Å²) in [6.45, 7) is 6.19. The van der Waals surface area contributed by atoms with Gasteiger partial charge in [-0.1, -0.05) is 6.08 Å². The molecule has 0 atom stereocenters. The number of anilines is 1. The first kappa shape index (κ1) is 14.4. The topological polar surface area (TPSA) is 64.8 Å². The lowest BCUT2D eigenvalue weighted by Crippen LogP contribution is -2.43. The number of ether oxygens (including phenoxy) is 2. The Labute approximate surface area is 119 Å². The SMILES string of the molecule is C=CCc1cc(N)ccc1OCC(=O)N1CCOCC1. The van der Waals surface area contributed by atoms with Crippen molar-refractivity contribution in [1.29, 1.82) is 0 Å². The summed E-state index contributed by atoms with van der Waals surface area (Å²) >= 11 is 0. The number of carbonyl (C=O) groups is 1. The molecule has 108 valence electrons. The van der Waals surface area contributed by atoms with Crippen LogP contribution < -0.4 is 10.5 Å². The van der Waals surface area contributed by atoms with Crippen LogP contribution in [0.4, 0.5) is 5.69 Å². The monoisotopic (exact) mass is 276 g/mol. The fraction of sp³-hybridized carbons (Fsp3) is 0.400. The summed E-state index contributed by atoms with van der Waals surface area (Å²) in [5, 5.41) is 0. The summed E-state index contributed by atoms with van der Waals surface area (Å²) < 4.78 is 10.8. The van der Waals surface area contributed by atoms with Crippen LogP contribution in [0.25, 0.3) is 0 Å². The van der Waals surface area contributed by atoms with Crippen LogP contribution in [0.2, 0.25) is 0 Å². The average Bonchev–Trinajstić information content (AvgIpc) is 2.47. The smallest absolute Gasteiger partial charge is 0.260 e. The Morgan fingerprint density at radius 3 is 2.90 bits per heavy atom. The van der Waals surface area contributed by atoms with Gasteiger partial charge in [-0.25, -0.2) is 0 Å². The quantitative estimate of drug-likeness (QED) is 0.649. The number of nitrogen functional groups attached to an aromatic ring is 1. The largest absolute Gasteiger partial charge is 0.483 e. The van der Waals surface area contributed by atoms with Crippen molar-refractivity contribution in [2.45, 2.75) is 6.42 Å². The Morgan fingerprint density at radius 1 is 1.45 bits per heavy atom. The second-order valence-electron chi connectivity index (χ2n) is 4.64. The standard InChI is InChI=1S/C15H20N2O3/c1-2-3-12-10-13(16)4-5-14(12)20-11-15(18)17-6-8-19-9-7-17/h2,4-5,10H,1,3,6-9,11,16H2. The molecule has 0 saturated carbocycles. The fourth-order valence-electron chi connectivity index (χ4n) is 2.10. The van der Waals surface area contributed by atoms with Gasteiger partial charge in [-0.2, -0.15) is 0 Å². The van der Waals surface area contributed by atoms with Crippen LogP contribution >= 0.6 is 0 Å². The van der Waals surface area contributed by atoms with Gasteiger partial charge >= 0.3 is 0 Å². The molecule has 0 aromatic heterocycles. The molecule has 1 aromatic rings. The number of allylic oxidation sites excluding steroid dienone is 1. The molecule has 2 N–H and O–H groups in total. The van der Waals surface area contributed by atoms with Crippen LogP contribution in [0, 0.1) is 0 Å². The molecule has 5 heteroatoms. The van der Waals surface area contributed by atoms with E-state index in [4.69, 9.17) is 15.2 Å². The number of carbonyl (C=O) groups excluding carboxylic acids is 1. The molecule has 0 spiro atoms. The van der Waals surface area contributed by atoms with Crippen LogP contribution in [0.5, 0.6) is 5.75 Å². The molecule has 0 unspecified atom stereocenters. The molecule has 1 fully saturated rings. The van der Waals surface area contributed by atoms with Gasteiger partial charge in [-0.05, 0) is 30.2 Å². The first-order valence-corrected chi connectivity index (χ1v) is 6.68. The predicted molar refractivity (Wildman–Crippen MR) is 77.6 cm³/mol. The number of nitrogens with zero attached hydrogens (tertiary/aromatic N) is 1. The van der Waals surface area contributed by atoms with E-state index in [0.29, 0.717) is 44.2 Å². The molecule has 1 aromatic carbocycles. The predicted octanol–water partition coefficient (Wildman–Crippen LogP) is 1.23. The van der Waals surface area contributed by atoms with Crippen LogP contribution in [0.1, 0.15) is 5.56 Å². The number of nitrogens with two attached hydrogens (primary N) is 1. The highest BCUT2D eigenvalue weighted by atomic mass is 16.5. The maximum absolute atomic E-state index is 12.0. The van der Waals surface area contributed by atoms with Crippen molar-refractivity contribution in [3.63, 3.8) is 0 Å². The Bertz CT molecular complexity index is 482. The van der Waals surface area contributed by atoms with Gasteiger partial charge in [0, 0.05) is 18.8 Å². The van der Waals surface area contributed by atoms with Crippen molar-refractivity contribution in [2.75, 3.05) is 38.6 Å². The van der Waals surface area contributed by atoms with Crippen molar-refractivity contribution in [3.8, 4) is 5.75 Å². The summed E-state index contributed by atoms with van der Waals surface area (Å²) in [7, 11) is 0. The first-order valence-electron chi connectivity index (χ1n) is 6.68. The third-order valence-electron chi connectivity index (χ3n) is 3.16. The highest BCUT2D eigenvalue weighted by molar-refractivity contribution is 5.78. The minimum absolute atomic E-state index is 0.0188. The zero-order valence-electron chi connectivity index (χ0n) is 11.5. The van der Waals surface area contributed by atoms with Gasteiger partial charge in [0.25, 0.3) is 5.91 Å². The van der Waals surface area contributed by atoms with E-state index in [1.165, 1.54) is 0 Å². The lowest BCUT2D eigenvalue weighted by molar-refractivity contribution is -0.137. The highest BCUT2D eigenvalue weighted by Crippen LogP contribution is 2.22. The van der Waals surface area contributed by atoms with Crippen molar-refractivity contribution in [1.82, 2.24) is 4.90 Å². The lowest BCUT2D eigenvalue weighted by Gasteiger charge is -2.26. The molecule has 2 rings (SSSR count). The second-order valence-corrected chi connectivity index (χ2v) is 4.64. The third kappa shape index (κ3) is 3.74. The zero-order valence-corrected chi connectivity index (χ0v) is 11.5. The van der Waals surface area contributed by atoms with Gasteiger partial charge in [0.05, 0.1) is 13.2 Å². The van der Waals surface area contributed by atoms with Crippen molar-refractivity contribution < 1.29 is 14.3 Å². The van der Waals surface area contributed by atoms with E-state index >= 15 is 0 Å². The summed E-state index contributed by atoms with van der Waals surface area (Å²) in [5.41, 5.74) is 7.37. The number of hydrogen-bond acceptors (Lipinski definition) is 4. The van der Waals surface area contributed by atoms with E-state index in [2.05, 4.69) is 6.58 Å². The van der Waals surface area contributed by atoms with E-state index in [1.54, 1.807) is 23.1 Å². The molecule has 1 aliphatic heterocycles. The van der Waals surface area contributed by atoms with E-state index in [9.17, 15) is 4.79 Å². The van der Waals surface area contributed by atoms with Crippen LogP contribution in [-0.4, -0.2) is 43.7 Å². The molecule has 1 aliphatic rings. The van der Waals surface area contributed by atoms with Gasteiger partial charge in [-0.3, -0.25) is 4.79 Å². The molecule has 1 heterocycles. The minimum atomic E-state index is -0.0188. The fourth-order valence-corrected chi connectivity index (χ4v) is 2.10. The van der Waals surface area contributed by atoms with Gasteiger partial charge in [-0.15, -0.1) is 6.58 Å². The normalized spacial score (nSPS) is 14.9. The lowest BCUT2D eigenvalue weighted by atomic mass is 10.1. The number of hydrogen-bond donors (Lipinski definition) is 1. The molecule has 0 radical (unpaired) electrons. The first-order chi connectivity index (χ1) is 9.70. The summed E-state index contributed by atoms with van der Waals surface area (Å²) in [6.07, 6.45) is 2.44. The van der Waals surface area contributed by atoms with E-state index in [-0.39, 0.29) is 12.5 Å². The summed E-state index contributed by atoms with van der Waals surface area (Å²) in [5.74, 6) is 0.662. The third-order valence-corrected chi connectivity index (χ3v) is 3.16. The van der Waals surface area contributed by atoms with E-state index in [0.717, 1.165) is 5.56 Å². The second kappa shape index (κ2) is 6.96. The van der Waals surface area contributed by atoms with Crippen molar-refractivity contribution >= 4 is 11.6 Å². The highest BCUT2D eigenvalue weighted by Gasteiger charge is 2.17. The van der Waals surface area contributed by atoms with Gasteiger partial charge in [0.1, 0.15) is 5.75 Å². The number of rotatable bonds is 5. The van der Waals surface area contributed by atoms with Crippen LogP contribution in [-0.2, 0) is 16.0 Å². The molecular formula is C15H20N2O3. The Balaban J connectivity index is 1.95. The average molecular weight is 276 g/mol. The summed E-state index contributed by atoms with van der Waals surface area (Å²) in [4.78, 5) is 13.8. The number of morpholine rings is 1. The van der Waals surface area contributed by atoms with Crippen LogP contribution in [0.15, 0.2) is 30.9 Å². The van der Waals surface area contributed by atoms with Gasteiger partial charge < -0.3 is 20.1 Å². The van der Waals surface area contributed by atoms with E-state index < -0.39 is 0 Å². The maximum Gasteiger partial charge on any atom is 0.260 e. The molecular weight excluding hydrogens is 256 g/mol. The summed E-state index contributed by atoms with van der Waals surface area (Å²) in [6, 6.07) is 5.40. The molecule has 0 aliphatic carbocycles. The maximum atomic E-state index is 12.0. The molecule has 1 saturated heterocycles. The Morgan fingerprint density at radius 2 is 2.20 bits per heavy atom. The molecule has 5 nitrogen and oxygen atoms in total. The molecule has 1 amide bonds. The van der Waals surface area contributed by atoms with Crippen LogP contribution in [0.3, 0.4) is 0 Å². The minimum Gasteiger partial charge on any atom is -0.483 e. The van der Waals surface area contributed by atoms with Crippen molar-refractivity contribution in [2.24, 2.45) is 0 Å². The Kier molecular flexibility index (Phi) is 5.01. The zero-order chi connectivity index (χ0) is 14.4.